The van der Waals surface area contributed by atoms with Crippen molar-refractivity contribution in [3.05, 3.63) is 16.4 Å². The van der Waals surface area contributed by atoms with Crippen LogP contribution < -0.4 is 5.73 Å². The van der Waals surface area contributed by atoms with Crippen molar-refractivity contribution in [3.63, 3.8) is 0 Å². The van der Waals surface area contributed by atoms with Gasteiger partial charge in [0.1, 0.15) is 0 Å². The average molecular weight is 300 g/mol. The zero-order valence-corrected chi connectivity index (χ0v) is 12.1. The maximum absolute atomic E-state index is 6.36. The third-order valence-electron chi connectivity index (χ3n) is 3.68. The standard InChI is InChI=1S/C13H22BrN3/c1-2-7-17-13(11(14)9-16-17)12(15)8-10-5-3-4-6-10/h9-10,12H,2-8,15H2,1H3. The normalized spacial score (nSPS) is 18.8. The van der Waals surface area contributed by atoms with E-state index in [1.165, 1.54) is 31.4 Å². The number of hydrogen-bond donors (Lipinski definition) is 1. The van der Waals surface area contributed by atoms with Crippen LogP contribution in [-0.4, -0.2) is 9.78 Å². The van der Waals surface area contributed by atoms with Crippen molar-refractivity contribution in [3.8, 4) is 0 Å². The molecule has 0 amide bonds. The molecular formula is C13H22BrN3. The quantitative estimate of drug-likeness (QED) is 0.902. The van der Waals surface area contributed by atoms with E-state index in [0.717, 1.165) is 29.8 Å². The summed E-state index contributed by atoms with van der Waals surface area (Å²) in [7, 11) is 0. The zero-order chi connectivity index (χ0) is 12.3. The third-order valence-corrected chi connectivity index (χ3v) is 4.29. The third kappa shape index (κ3) is 3.10. The Morgan fingerprint density at radius 3 is 2.88 bits per heavy atom. The van der Waals surface area contributed by atoms with Gasteiger partial charge in [-0.15, -0.1) is 0 Å². The van der Waals surface area contributed by atoms with Crippen LogP contribution in [0.15, 0.2) is 10.7 Å². The van der Waals surface area contributed by atoms with Crippen LogP contribution >= 0.6 is 15.9 Å². The molecule has 1 atom stereocenters. The summed E-state index contributed by atoms with van der Waals surface area (Å²) in [6.07, 6.45) is 9.55. The summed E-state index contributed by atoms with van der Waals surface area (Å²) in [6, 6.07) is 0.126. The monoisotopic (exact) mass is 299 g/mol. The summed E-state index contributed by atoms with van der Waals surface area (Å²) in [4.78, 5) is 0. The Hall–Kier alpha value is -0.350. The lowest BCUT2D eigenvalue weighted by Gasteiger charge is -2.18. The van der Waals surface area contributed by atoms with Gasteiger partial charge in [-0.3, -0.25) is 4.68 Å². The van der Waals surface area contributed by atoms with Crippen LogP contribution in [-0.2, 0) is 6.54 Å². The SMILES string of the molecule is CCCn1ncc(Br)c1C(N)CC1CCCC1. The lowest BCUT2D eigenvalue weighted by molar-refractivity contribution is 0.426. The molecule has 3 nitrogen and oxygen atoms in total. The Labute approximate surface area is 112 Å². The zero-order valence-electron chi connectivity index (χ0n) is 10.5. The highest BCUT2D eigenvalue weighted by Gasteiger charge is 2.22. The van der Waals surface area contributed by atoms with Crippen LogP contribution in [0.2, 0.25) is 0 Å². The Morgan fingerprint density at radius 2 is 2.24 bits per heavy atom. The van der Waals surface area contributed by atoms with Crippen molar-refractivity contribution < 1.29 is 0 Å². The van der Waals surface area contributed by atoms with Gasteiger partial charge in [-0.1, -0.05) is 32.6 Å². The summed E-state index contributed by atoms with van der Waals surface area (Å²) < 4.78 is 3.13. The number of halogens is 1. The molecule has 0 saturated heterocycles. The van der Waals surface area contributed by atoms with Crippen LogP contribution in [0.5, 0.6) is 0 Å². The van der Waals surface area contributed by atoms with E-state index in [4.69, 9.17) is 5.73 Å². The largest absolute Gasteiger partial charge is 0.323 e. The molecule has 17 heavy (non-hydrogen) atoms. The number of rotatable bonds is 5. The van der Waals surface area contributed by atoms with E-state index in [1.807, 2.05) is 6.20 Å². The Kier molecular flexibility index (Phi) is 4.62. The molecule has 0 bridgehead atoms. The molecule has 1 saturated carbocycles. The molecule has 1 heterocycles. The van der Waals surface area contributed by atoms with Gasteiger partial charge < -0.3 is 5.73 Å². The number of nitrogens with zero attached hydrogens (tertiary/aromatic N) is 2. The second-order valence-corrected chi connectivity index (χ2v) is 5.95. The maximum Gasteiger partial charge on any atom is 0.0693 e. The molecule has 0 aromatic carbocycles. The van der Waals surface area contributed by atoms with Crippen LogP contribution in [0.25, 0.3) is 0 Å². The molecule has 0 radical (unpaired) electrons. The van der Waals surface area contributed by atoms with Crippen molar-refractivity contribution in [1.82, 2.24) is 9.78 Å². The maximum atomic E-state index is 6.36. The van der Waals surface area contributed by atoms with Crippen LogP contribution in [0.4, 0.5) is 0 Å². The molecule has 0 aliphatic heterocycles. The van der Waals surface area contributed by atoms with Gasteiger partial charge in [-0.05, 0) is 34.7 Å². The van der Waals surface area contributed by atoms with E-state index in [0.29, 0.717) is 0 Å². The fourth-order valence-corrected chi connectivity index (χ4v) is 3.44. The fourth-order valence-electron chi connectivity index (χ4n) is 2.85. The number of nitrogens with two attached hydrogens (primary N) is 1. The van der Waals surface area contributed by atoms with E-state index >= 15 is 0 Å². The van der Waals surface area contributed by atoms with Crippen molar-refractivity contribution in [2.24, 2.45) is 11.7 Å². The second kappa shape index (κ2) is 6.01. The molecule has 1 aliphatic rings. The minimum atomic E-state index is 0.126. The first kappa shape index (κ1) is 13.1. The van der Waals surface area contributed by atoms with Gasteiger partial charge in [0.25, 0.3) is 0 Å². The van der Waals surface area contributed by atoms with Gasteiger partial charge >= 0.3 is 0 Å². The van der Waals surface area contributed by atoms with Crippen LogP contribution in [0, 0.1) is 5.92 Å². The second-order valence-electron chi connectivity index (χ2n) is 5.09. The molecule has 0 spiro atoms. The topological polar surface area (TPSA) is 43.8 Å². The van der Waals surface area contributed by atoms with Crippen molar-refractivity contribution >= 4 is 15.9 Å². The summed E-state index contributed by atoms with van der Waals surface area (Å²) in [5.41, 5.74) is 7.54. The van der Waals surface area contributed by atoms with E-state index in [2.05, 4.69) is 32.6 Å². The smallest absolute Gasteiger partial charge is 0.0693 e. The first-order chi connectivity index (χ1) is 8.22. The van der Waals surface area contributed by atoms with Gasteiger partial charge in [-0.25, -0.2) is 0 Å². The van der Waals surface area contributed by atoms with E-state index in [1.54, 1.807) is 0 Å². The first-order valence-corrected chi connectivity index (χ1v) is 7.48. The minimum Gasteiger partial charge on any atom is -0.323 e. The van der Waals surface area contributed by atoms with Gasteiger partial charge in [0.05, 0.1) is 16.4 Å². The van der Waals surface area contributed by atoms with Crippen molar-refractivity contribution in [1.29, 1.82) is 0 Å². The Bertz CT molecular complexity index is 356. The molecule has 4 heteroatoms. The van der Waals surface area contributed by atoms with E-state index in [9.17, 15) is 0 Å². The molecule has 1 aromatic rings. The summed E-state index contributed by atoms with van der Waals surface area (Å²) >= 11 is 3.57. The van der Waals surface area contributed by atoms with Crippen LogP contribution in [0.3, 0.4) is 0 Å². The number of aromatic nitrogens is 2. The fraction of sp³-hybridized carbons (Fsp3) is 0.769. The van der Waals surface area contributed by atoms with Crippen LogP contribution in [0.1, 0.15) is 57.2 Å². The molecule has 1 aromatic heterocycles. The molecule has 96 valence electrons. The number of aryl methyl sites for hydroxylation is 1. The first-order valence-electron chi connectivity index (χ1n) is 6.69. The molecular weight excluding hydrogens is 278 g/mol. The highest BCUT2D eigenvalue weighted by atomic mass is 79.9. The summed E-state index contributed by atoms with van der Waals surface area (Å²) in [5.74, 6) is 0.821. The predicted molar refractivity (Wildman–Crippen MR) is 73.7 cm³/mol. The molecule has 1 unspecified atom stereocenters. The van der Waals surface area contributed by atoms with Crippen molar-refractivity contribution in [2.75, 3.05) is 0 Å². The minimum absolute atomic E-state index is 0.126. The predicted octanol–water partition coefficient (Wildman–Crippen LogP) is 3.64. The highest BCUT2D eigenvalue weighted by molar-refractivity contribution is 9.10. The summed E-state index contributed by atoms with van der Waals surface area (Å²) in [6.45, 7) is 3.13. The van der Waals surface area contributed by atoms with Gasteiger partial charge in [0.15, 0.2) is 0 Å². The molecule has 2 N–H and O–H groups in total. The number of hydrogen-bond acceptors (Lipinski definition) is 2. The highest BCUT2D eigenvalue weighted by Crippen LogP contribution is 2.34. The Balaban J connectivity index is 2.05. The molecule has 2 rings (SSSR count). The van der Waals surface area contributed by atoms with Gasteiger partial charge in [0.2, 0.25) is 0 Å². The Morgan fingerprint density at radius 1 is 1.53 bits per heavy atom. The van der Waals surface area contributed by atoms with E-state index in [-0.39, 0.29) is 6.04 Å². The lowest BCUT2D eigenvalue weighted by Crippen LogP contribution is -2.19. The van der Waals surface area contributed by atoms with Gasteiger partial charge in [0, 0.05) is 12.6 Å². The average Bonchev–Trinajstić information content (AvgIpc) is 2.89. The lowest BCUT2D eigenvalue weighted by atomic mass is 9.97. The van der Waals surface area contributed by atoms with E-state index < -0.39 is 0 Å². The molecule has 1 fully saturated rings. The van der Waals surface area contributed by atoms with Crippen molar-refractivity contribution in [2.45, 2.75) is 58.0 Å². The van der Waals surface area contributed by atoms with Gasteiger partial charge in [-0.2, -0.15) is 5.10 Å². The summed E-state index contributed by atoms with van der Waals surface area (Å²) in [5, 5.41) is 4.39. The molecule has 1 aliphatic carbocycles.